The van der Waals surface area contributed by atoms with E-state index in [9.17, 15) is 9.59 Å². The van der Waals surface area contributed by atoms with Crippen LogP contribution in [0.25, 0.3) is 6.08 Å². The van der Waals surface area contributed by atoms with E-state index in [0.717, 1.165) is 11.3 Å². The van der Waals surface area contributed by atoms with Crippen molar-refractivity contribution in [2.75, 3.05) is 19.5 Å². The number of fused-ring (bicyclic) bond motifs is 1. The minimum absolute atomic E-state index is 0.220. The van der Waals surface area contributed by atoms with Crippen LogP contribution >= 0.6 is 11.6 Å². The first kappa shape index (κ1) is 23.7. The van der Waals surface area contributed by atoms with Crippen LogP contribution in [0.1, 0.15) is 51.0 Å². The van der Waals surface area contributed by atoms with E-state index in [2.05, 4.69) is 14.9 Å². The highest BCUT2D eigenvalue weighted by atomic mass is 35.5. The van der Waals surface area contributed by atoms with E-state index < -0.39 is 11.7 Å². The number of pyridine rings is 1. The number of amides is 1. The number of ether oxygens (including phenoxy) is 2. The Morgan fingerprint density at radius 2 is 1.91 bits per heavy atom. The third-order valence-electron chi connectivity index (χ3n) is 6.11. The Labute approximate surface area is 203 Å². The predicted molar refractivity (Wildman–Crippen MR) is 132 cm³/mol. The van der Waals surface area contributed by atoms with Gasteiger partial charge in [-0.2, -0.15) is 0 Å². The number of nitrogens with one attached hydrogen (secondary N) is 1. The summed E-state index contributed by atoms with van der Waals surface area (Å²) >= 11 is 6.05. The Morgan fingerprint density at radius 3 is 2.59 bits per heavy atom. The van der Waals surface area contributed by atoms with Crippen molar-refractivity contribution in [1.29, 1.82) is 0 Å². The van der Waals surface area contributed by atoms with Gasteiger partial charge in [0.25, 0.3) is 11.7 Å². The molecule has 0 aliphatic heterocycles. The molecule has 2 aromatic heterocycles. The third-order valence-corrected chi connectivity index (χ3v) is 6.37. The van der Waals surface area contributed by atoms with Crippen molar-refractivity contribution in [1.82, 2.24) is 9.55 Å². The number of methoxy groups -OCH3 is 2. The van der Waals surface area contributed by atoms with Gasteiger partial charge in [0.1, 0.15) is 6.10 Å². The summed E-state index contributed by atoms with van der Waals surface area (Å²) in [6, 6.07) is 9.20. The fourth-order valence-corrected chi connectivity index (χ4v) is 4.47. The number of anilines is 1. The molecule has 34 heavy (non-hydrogen) atoms. The second-order valence-corrected chi connectivity index (χ2v) is 8.55. The minimum Gasteiger partial charge on any atom is -0.481 e. The summed E-state index contributed by atoms with van der Waals surface area (Å²) in [5.41, 5.74) is 4.82. The molecular formula is C26H26ClN3O4. The van der Waals surface area contributed by atoms with Gasteiger partial charge in [-0.25, -0.2) is 4.98 Å². The molecular weight excluding hydrogens is 454 g/mol. The molecule has 176 valence electrons. The zero-order valence-electron chi connectivity index (χ0n) is 19.5. The van der Waals surface area contributed by atoms with Gasteiger partial charge in [0, 0.05) is 41.7 Å². The largest absolute Gasteiger partial charge is 0.481 e. The fraction of sp³-hybridized carbons (Fsp3) is 0.269. The third kappa shape index (κ3) is 4.36. The van der Waals surface area contributed by atoms with Crippen LogP contribution in [-0.4, -0.2) is 35.5 Å². The van der Waals surface area contributed by atoms with Crippen LogP contribution in [0.4, 0.5) is 5.69 Å². The molecule has 0 radical (unpaired) electrons. The summed E-state index contributed by atoms with van der Waals surface area (Å²) in [5, 5.41) is 3.38. The maximum absolute atomic E-state index is 13.4. The van der Waals surface area contributed by atoms with Crippen LogP contribution < -0.4 is 10.1 Å². The molecule has 1 atom stereocenters. The van der Waals surface area contributed by atoms with Gasteiger partial charge >= 0.3 is 0 Å². The van der Waals surface area contributed by atoms with Gasteiger partial charge in [-0.15, -0.1) is 0 Å². The standard InChI is InChI=1S/C26H26ClN3O4/c1-15-20(12-13-28-26(15)34-4)29-25(32)24(31)22-16(2)30(14-17-8-10-18(27)11-9-17)23-19(22)6-5-7-21(23)33-3/h5-6,8-13,21H,7,14H2,1-4H3,(H,28,29,32). The second-order valence-electron chi connectivity index (χ2n) is 8.11. The van der Waals surface area contributed by atoms with Crippen molar-refractivity contribution in [3.05, 3.63) is 81.3 Å². The Kier molecular flexibility index (Phi) is 6.86. The number of hydrogen-bond acceptors (Lipinski definition) is 5. The summed E-state index contributed by atoms with van der Waals surface area (Å²) in [5.74, 6) is -0.946. The van der Waals surface area contributed by atoms with Crippen molar-refractivity contribution in [2.24, 2.45) is 0 Å². The molecule has 1 N–H and O–H groups in total. The lowest BCUT2D eigenvalue weighted by Gasteiger charge is -2.22. The van der Waals surface area contributed by atoms with E-state index in [1.807, 2.05) is 43.3 Å². The first-order valence-corrected chi connectivity index (χ1v) is 11.3. The summed E-state index contributed by atoms with van der Waals surface area (Å²) in [6.07, 6.45) is 5.85. The summed E-state index contributed by atoms with van der Waals surface area (Å²) in [7, 11) is 3.15. The molecule has 1 amide bonds. The zero-order chi connectivity index (χ0) is 24.4. The molecule has 0 bridgehead atoms. The van der Waals surface area contributed by atoms with Crippen molar-refractivity contribution >= 4 is 35.1 Å². The maximum atomic E-state index is 13.4. The summed E-state index contributed by atoms with van der Waals surface area (Å²) < 4.78 is 13.0. The Balaban J connectivity index is 1.74. The number of carbonyl (C=O) groups excluding carboxylic acids is 2. The monoisotopic (exact) mass is 479 g/mol. The molecule has 1 aliphatic rings. The van der Waals surface area contributed by atoms with Crippen molar-refractivity contribution in [3.63, 3.8) is 0 Å². The highest BCUT2D eigenvalue weighted by Crippen LogP contribution is 2.37. The Morgan fingerprint density at radius 1 is 1.18 bits per heavy atom. The fourth-order valence-electron chi connectivity index (χ4n) is 4.34. The number of ketones is 1. The van der Waals surface area contributed by atoms with Crippen LogP contribution in [-0.2, 0) is 16.1 Å². The number of rotatable bonds is 7. The quantitative estimate of drug-likeness (QED) is 0.375. The number of carbonyl (C=O) groups is 2. The molecule has 2 heterocycles. The molecule has 0 spiro atoms. The average Bonchev–Trinajstić information content (AvgIpc) is 3.12. The minimum atomic E-state index is -0.723. The molecule has 1 aromatic carbocycles. The van der Waals surface area contributed by atoms with Crippen LogP contribution in [0.3, 0.4) is 0 Å². The Hall–Kier alpha value is -3.42. The maximum Gasteiger partial charge on any atom is 0.296 e. The Bertz CT molecular complexity index is 1280. The van der Waals surface area contributed by atoms with Crippen molar-refractivity contribution < 1.29 is 19.1 Å². The average molecular weight is 480 g/mol. The van der Waals surface area contributed by atoms with Gasteiger partial charge in [-0.1, -0.05) is 35.9 Å². The van der Waals surface area contributed by atoms with Gasteiger partial charge in [0.05, 0.1) is 24.1 Å². The zero-order valence-corrected chi connectivity index (χ0v) is 20.3. The topological polar surface area (TPSA) is 82.5 Å². The first-order chi connectivity index (χ1) is 16.3. The molecule has 0 saturated carbocycles. The van der Waals surface area contributed by atoms with Crippen LogP contribution in [0.15, 0.2) is 42.6 Å². The first-order valence-electron chi connectivity index (χ1n) is 10.9. The lowest BCUT2D eigenvalue weighted by molar-refractivity contribution is -0.112. The predicted octanol–water partition coefficient (Wildman–Crippen LogP) is 5.14. The highest BCUT2D eigenvalue weighted by Gasteiger charge is 2.32. The van der Waals surface area contributed by atoms with Crippen LogP contribution in [0, 0.1) is 13.8 Å². The van der Waals surface area contributed by atoms with Crippen LogP contribution in [0.2, 0.25) is 5.02 Å². The lowest BCUT2D eigenvalue weighted by Crippen LogP contribution is -2.24. The van der Waals surface area contributed by atoms with Gasteiger partial charge in [-0.3, -0.25) is 9.59 Å². The van der Waals surface area contributed by atoms with Gasteiger partial charge in [-0.05, 0) is 44.0 Å². The van der Waals surface area contributed by atoms with E-state index in [4.69, 9.17) is 21.1 Å². The molecule has 3 aromatic rings. The van der Waals surface area contributed by atoms with Crippen molar-refractivity contribution in [3.8, 4) is 5.88 Å². The van der Waals surface area contributed by atoms with E-state index in [1.54, 1.807) is 20.1 Å². The number of Topliss-reactive ketones (excluding diaryl/α,β-unsaturated/α-hetero) is 1. The SMILES string of the molecule is COc1nccc(NC(=O)C(=O)c2c3c(n(Cc4ccc(Cl)cc4)c2C)C(OC)CC=C3)c1C. The molecule has 8 heteroatoms. The van der Waals surface area contributed by atoms with Gasteiger partial charge in [0.15, 0.2) is 0 Å². The molecule has 1 aliphatic carbocycles. The van der Waals surface area contributed by atoms with E-state index in [1.165, 1.54) is 13.3 Å². The number of nitrogens with zero attached hydrogens (tertiary/aromatic N) is 2. The second kappa shape index (κ2) is 9.83. The van der Waals surface area contributed by atoms with Crippen molar-refractivity contribution in [2.45, 2.75) is 32.9 Å². The summed E-state index contributed by atoms with van der Waals surface area (Å²) in [6.45, 7) is 4.15. The van der Waals surface area contributed by atoms with E-state index >= 15 is 0 Å². The number of aromatic nitrogens is 2. The van der Waals surface area contributed by atoms with Gasteiger partial charge in [0.2, 0.25) is 5.88 Å². The summed E-state index contributed by atoms with van der Waals surface area (Å²) in [4.78, 5) is 30.6. The number of benzene rings is 1. The molecule has 1 unspecified atom stereocenters. The van der Waals surface area contributed by atoms with Gasteiger partial charge < -0.3 is 19.4 Å². The molecule has 4 rings (SSSR count). The smallest absolute Gasteiger partial charge is 0.296 e. The number of halogens is 1. The molecule has 0 saturated heterocycles. The van der Waals surface area contributed by atoms with E-state index in [-0.39, 0.29) is 6.10 Å². The molecule has 7 nitrogen and oxygen atoms in total. The van der Waals surface area contributed by atoms with Crippen LogP contribution in [0.5, 0.6) is 5.88 Å². The lowest BCUT2D eigenvalue weighted by atomic mass is 9.96. The van der Waals surface area contributed by atoms with E-state index in [0.29, 0.717) is 51.9 Å². The normalized spacial score (nSPS) is 14.6. The number of hydrogen-bond donors (Lipinski definition) is 1. The molecule has 0 fully saturated rings. The highest BCUT2D eigenvalue weighted by molar-refractivity contribution is 6.47.